The van der Waals surface area contributed by atoms with Gasteiger partial charge in [-0.3, -0.25) is 0 Å². The summed E-state index contributed by atoms with van der Waals surface area (Å²) in [5, 5.41) is 1.02. The summed E-state index contributed by atoms with van der Waals surface area (Å²) in [6.45, 7) is 4.04. The topological polar surface area (TPSA) is 67.7 Å². The quantitative estimate of drug-likeness (QED) is 0.779. The molecule has 0 radical (unpaired) electrons. The third-order valence-corrected chi connectivity index (χ3v) is 5.87. The number of morpholine rings is 1. The molecule has 1 aliphatic heterocycles. The highest BCUT2D eigenvalue weighted by Crippen LogP contribution is 2.32. The van der Waals surface area contributed by atoms with Crippen molar-refractivity contribution < 1.29 is 13.2 Å². The number of hydrogen-bond acceptors (Lipinski definition) is 5. The lowest BCUT2D eigenvalue weighted by Gasteiger charge is -2.35. The molecule has 0 amide bonds. The van der Waals surface area contributed by atoms with Gasteiger partial charge in [0.1, 0.15) is 5.15 Å². The zero-order valence-electron chi connectivity index (χ0n) is 13.2. The van der Waals surface area contributed by atoms with Gasteiger partial charge in [-0.05, 0) is 19.1 Å². The second-order valence-corrected chi connectivity index (χ2v) is 8.13. The van der Waals surface area contributed by atoms with Gasteiger partial charge in [0.05, 0.1) is 18.9 Å². The van der Waals surface area contributed by atoms with E-state index < -0.39 is 10.2 Å². The van der Waals surface area contributed by atoms with Crippen LogP contribution in [0.25, 0.3) is 11.0 Å². The molecule has 23 heavy (non-hydrogen) atoms. The molecule has 0 aliphatic carbocycles. The predicted molar refractivity (Wildman–Crippen MR) is 90.4 cm³/mol. The first-order valence-electron chi connectivity index (χ1n) is 7.27. The monoisotopic (exact) mass is 358 g/mol. The van der Waals surface area contributed by atoms with Crippen molar-refractivity contribution in [2.24, 2.45) is 0 Å². The van der Waals surface area contributed by atoms with Crippen molar-refractivity contribution in [2.45, 2.75) is 13.0 Å². The minimum atomic E-state index is -3.65. The number of rotatable bonds is 3. The van der Waals surface area contributed by atoms with Crippen LogP contribution in [0.15, 0.2) is 18.3 Å². The highest BCUT2D eigenvalue weighted by molar-refractivity contribution is 7.87. The van der Waals surface area contributed by atoms with Crippen molar-refractivity contribution in [1.82, 2.24) is 13.3 Å². The van der Waals surface area contributed by atoms with Crippen molar-refractivity contribution in [1.29, 1.82) is 0 Å². The van der Waals surface area contributed by atoms with Crippen LogP contribution in [0.2, 0.25) is 5.15 Å². The first-order chi connectivity index (χ1) is 10.8. The average molecular weight is 359 g/mol. The van der Waals surface area contributed by atoms with Crippen LogP contribution in [0.5, 0.6) is 0 Å². The molecule has 3 rings (SSSR count). The van der Waals surface area contributed by atoms with Gasteiger partial charge in [-0.1, -0.05) is 11.6 Å². The maximum atomic E-state index is 12.4. The highest BCUT2D eigenvalue weighted by Gasteiger charge is 2.25. The highest BCUT2D eigenvalue weighted by atomic mass is 35.5. The Morgan fingerprint density at radius 1 is 1.43 bits per heavy atom. The summed E-state index contributed by atoms with van der Waals surface area (Å²) in [6.07, 6.45) is 1.51. The molecule has 1 saturated heterocycles. The normalized spacial score (nSPS) is 19.7. The SMILES string of the molecule is C[C@@H]1COCCN1c1cc(Cl)nc2c1ccn2S(=O)(=O)N(C)C. The number of ether oxygens (including phenoxy) is 1. The Kier molecular flexibility index (Phi) is 4.26. The third-order valence-electron chi connectivity index (χ3n) is 3.96. The number of hydrogen-bond donors (Lipinski definition) is 0. The largest absolute Gasteiger partial charge is 0.377 e. The van der Waals surface area contributed by atoms with Gasteiger partial charge in [-0.2, -0.15) is 12.7 Å². The van der Waals surface area contributed by atoms with Gasteiger partial charge < -0.3 is 9.64 Å². The second-order valence-electron chi connectivity index (χ2n) is 5.72. The van der Waals surface area contributed by atoms with Crippen LogP contribution in [-0.2, 0) is 14.9 Å². The van der Waals surface area contributed by atoms with Crippen molar-refractivity contribution in [3.8, 4) is 0 Å². The van der Waals surface area contributed by atoms with Crippen LogP contribution in [-0.4, -0.2) is 61.6 Å². The van der Waals surface area contributed by atoms with E-state index in [0.29, 0.717) is 18.9 Å². The molecule has 0 saturated carbocycles. The molecule has 0 aromatic carbocycles. The van der Waals surface area contributed by atoms with Gasteiger partial charge in [-0.25, -0.2) is 8.96 Å². The number of aromatic nitrogens is 2. The summed E-state index contributed by atoms with van der Waals surface area (Å²) in [4.78, 5) is 6.40. The maximum absolute atomic E-state index is 12.4. The van der Waals surface area contributed by atoms with Gasteiger partial charge in [0.25, 0.3) is 0 Å². The molecule has 1 aliphatic rings. The lowest BCUT2D eigenvalue weighted by atomic mass is 10.2. The fourth-order valence-corrected chi connectivity index (χ4v) is 3.83. The van der Waals surface area contributed by atoms with Crippen molar-refractivity contribution >= 4 is 38.5 Å². The summed E-state index contributed by atoms with van der Waals surface area (Å²) >= 11 is 6.16. The Morgan fingerprint density at radius 2 is 2.17 bits per heavy atom. The van der Waals surface area contributed by atoms with E-state index in [0.717, 1.165) is 25.9 Å². The van der Waals surface area contributed by atoms with Crippen molar-refractivity contribution in [3.63, 3.8) is 0 Å². The Morgan fingerprint density at radius 3 is 2.83 bits per heavy atom. The van der Waals surface area contributed by atoms with Crippen molar-refractivity contribution in [2.75, 3.05) is 38.8 Å². The molecule has 126 valence electrons. The summed E-state index contributed by atoms with van der Waals surface area (Å²) < 4.78 is 32.7. The van der Waals surface area contributed by atoms with Crippen LogP contribution in [0.1, 0.15) is 6.92 Å². The van der Waals surface area contributed by atoms with E-state index in [1.165, 1.54) is 20.3 Å². The Labute approximate surface area is 140 Å². The fraction of sp³-hybridized carbons (Fsp3) is 0.500. The number of pyridine rings is 1. The molecule has 3 heterocycles. The van der Waals surface area contributed by atoms with Crippen LogP contribution in [0.4, 0.5) is 5.69 Å². The zero-order chi connectivity index (χ0) is 16.8. The Balaban J connectivity index is 2.20. The van der Waals surface area contributed by atoms with E-state index in [-0.39, 0.29) is 11.2 Å². The summed E-state index contributed by atoms with van der Waals surface area (Å²) in [6, 6.07) is 3.72. The minimum Gasteiger partial charge on any atom is -0.377 e. The predicted octanol–water partition coefficient (Wildman–Crippen LogP) is 1.57. The van der Waals surface area contributed by atoms with E-state index in [4.69, 9.17) is 16.3 Å². The summed E-state index contributed by atoms with van der Waals surface area (Å²) in [5.74, 6) is 0. The van der Waals surface area contributed by atoms with Gasteiger partial charge in [0.2, 0.25) is 0 Å². The fourth-order valence-electron chi connectivity index (χ4n) is 2.72. The molecule has 1 fully saturated rings. The van der Waals surface area contributed by atoms with Crippen LogP contribution < -0.4 is 4.90 Å². The van der Waals surface area contributed by atoms with E-state index in [2.05, 4.69) is 16.8 Å². The number of halogens is 1. The number of fused-ring (bicyclic) bond motifs is 1. The van der Waals surface area contributed by atoms with Gasteiger partial charge in [0.15, 0.2) is 5.65 Å². The smallest absolute Gasteiger partial charge is 0.308 e. The first kappa shape index (κ1) is 16.5. The Bertz CT molecular complexity index is 834. The standard InChI is InChI=1S/C14H19ClN4O3S/c1-10-9-22-7-6-18(10)12-8-13(15)16-14-11(12)4-5-19(14)23(20,21)17(2)3/h4-5,8,10H,6-7,9H2,1-3H3/t10-/m1/s1. The second kappa shape index (κ2) is 5.94. The number of nitrogens with zero attached hydrogens (tertiary/aromatic N) is 4. The average Bonchev–Trinajstić information content (AvgIpc) is 2.91. The van der Waals surface area contributed by atoms with Crippen molar-refractivity contribution in [3.05, 3.63) is 23.5 Å². The third kappa shape index (κ3) is 2.80. The lowest BCUT2D eigenvalue weighted by Crippen LogP contribution is -2.43. The first-order valence-corrected chi connectivity index (χ1v) is 9.05. The molecular weight excluding hydrogens is 340 g/mol. The molecule has 1 atom stereocenters. The van der Waals surface area contributed by atoms with E-state index in [1.807, 2.05) is 0 Å². The van der Waals surface area contributed by atoms with Crippen LogP contribution in [0.3, 0.4) is 0 Å². The molecule has 9 heteroatoms. The zero-order valence-corrected chi connectivity index (χ0v) is 14.8. The van der Waals surface area contributed by atoms with E-state index >= 15 is 0 Å². The molecule has 7 nitrogen and oxygen atoms in total. The summed E-state index contributed by atoms with van der Waals surface area (Å²) in [7, 11) is -0.687. The molecule has 0 spiro atoms. The number of anilines is 1. The Hall–Kier alpha value is -1.35. The van der Waals surface area contributed by atoms with Crippen LogP contribution >= 0.6 is 11.6 Å². The van der Waals surface area contributed by atoms with Crippen LogP contribution in [0, 0.1) is 0 Å². The van der Waals surface area contributed by atoms with E-state index in [1.54, 1.807) is 12.1 Å². The van der Waals surface area contributed by atoms with Gasteiger partial charge >= 0.3 is 10.2 Å². The molecule has 0 unspecified atom stereocenters. The molecular formula is C14H19ClN4O3S. The molecule has 0 bridgehead atoms. The van der Waals surface area contributed by atoms with E-state index in [9.17, 15) is 8.42 Å². The molecule has 2 aromatic rings. The van der Waals surface area contributed by atoms with Gasteiger partial charge in [-0.15, -0.1) is 0 Å². The molecule has 0 N–H and O–H groups in total. The summed E-state index contributed by atoms with van der Waals surface area (Å²) in [5.41, 5.74) is 1.21. The van der Waals surface area contributed by atoms with Gasteiger partial charge in [0, 0.05) is 38.3 Å². The lowest BCUT2D eigenvalue weighted by molar-refractivity contribution is 0.0991. The molecule has 2 aromatic heterocycles. The minimum absolute atomic E-state index is 0.180. The maximum Gasteiger partial charge on any atom is 0.308 e.